The minimum Gasteiger partial charge on any atom is -0.462 e. The summed E-state index contributed by atoms with van der Waals surface area (Å²) >= 11 is 0. The number of carbonyl (C=O) groups is 2. The Kier molecular flexibility index (Phi) is 36.5. The minimum absolute atomic E-state index is 0.0691. The molecule has 0 radical (unpaired) electrons. The summed E-state index contributed by atoms with van der Waals surface area (Å²) in [6.07, 6.45) is 43.8. The van der Waals surface area contributed by atoms with Crippen LogP contribution in [0.3, 0.4) is 0 Å². The van der Waals surface area contributed by atoms with Crippen LogP contribution in [-0.2, 0) is 19.1 Å². The summed E-state index contributed by atoms with van der Waals surface area (Å²) in [5.74, 6) is -0.599. The highest BCUT2D eigenvalue weighted by atomic mass is 16.6. The van der Waals surface area contributed by atoms with Crippen LogP contribution < -0.4 is 0 Å². The predicted molar refractivity (Wildman–Crippen MR) is 196 cm³/mol. The van der Waals surface area contributed by atoms with E-state index in [-0.39, 0.29) is 25.2 Å². The van der Waals surface area contributed by atoms with Crippen molar-refractivity contribution in [3.63, 3.8) is 0 Å². The Morgan fingerprint density at radius 3 is 1.33 bits per heavy atom. The van der Waals surface area contributed by atoms with Gasteiger partial charge in [0.1, 0.15) is 6.61 Å². The highest BCUT2D eigenvalue weighted by molar-refractivity contribution is 5.70. The van der Waals surface area contributed by atoms with Crippen molar-refractivity contribution in [2.75, 3.05) is 13.2 Å². The number of ether oxygens (including phenoxy) is 2. The lowest BCUT2D eigenvalue weighted by molar-refractivity contribution is -0.161. The second kappa shape index (κ2) is 37.8. The Morgan fingerprint density at radius 2 is 0.870 bits per heavy atom. The van der Waals surface area contributed by atoms with Crippen LogP contribution in [0.2, 0.25) is 0 Å². The van der Waals surface area contributed by atoms with Gasteiger partial charge < -0.3 is 14.6 Å². The van der Waals surface area contributed by atoms with E-state index in [1.54, 1.807) is 0 Å². The fourth-order valence-corrected chi connectivity index (χ4v) is 5.70. The Labute approximate surface area is 285 Å². The van der Waals surface area contributed by atoms with Crippen LogP contribution in [0.4, 0.5) is 0 Å². The van der Waals surface area contributed by atoms with E-state index in [9.17, 15) is 14.7 Å². The van der Waals surface area contributed by atoms with Crippen LogP contribution in [0.5, 0.6) is 0 Å². The monoisotopic (exact) mass is 649 g/mol. The van der Waals surface area contributed by atoms with Crippen LogP contribution >= 0.6 is 0 Å². The highest BCUT2D eigenvalue weighted by Gasteiger charge is 2.16. The third-order valence-electron chi connectivity index (χ3n) is 8.75. The van der Waals surface area contributed by atoms with Crippen LogP contribution in [-0.4, -0.2) is 36.4 Å². The third kappa shape index (κ3) is 35.2. The standard InChI is InChI=1S/C41H76O5/c1-3-5-7-9-11-13-15-17-19-20-22-24-26-28-30-32-34-36-41(44)46-39(37-42)38-45-40(43)35-33-31-29-27-25-23-21-18-16-14-12-10-8-6-4-2/h12,14,18,21,39,42H,3-11,13,15-17,19-20,22-38H2,1-2H3/b14-12+,21-18+/t39-/m0/s1. The lowest BCUT2D eigenvalue weighted by atomic mass is 10.0. The highest BCUT2D eigenvalue weighted by Crippen LogP contribution is 2.15. The Hall–Kier alpha value is -1.62. The van der Waals surface area contributed by atoms with Crippen LogP contribution in [0, 0.1) is 0 Å². The van der Waals surface area contributed by atoms with Crippen LogP contribution in [0.1, 0.15) is 206 Å². The van der Waals surface area contributed by atoms with Gasteiger partial charge >= 0.3 is 11.9 Å². The summed E-state index contributed by atoms with van der Waals surface area (Å²) in [6.45, 7) is 4.11. The summed E-state index contributed by atoms with van der Waals surface area (Å²) in [5, 5.41) is 9.55. The zero-order valence-electron chi connectivity index (χ0n) is 30.6. The van der Waals surface area contributed by atoms with Crippen LogP contribution in [0.25, 0.3) is 0 Å². The van der Waals surface area contributed by atoms with E-state index in [0.717, 1.165) is 51.4 Å². The number of carbonyl (C=O) groups excluding carboxylic acids is 2. The van der Waals surface area contributed by atoms with Crippen molar-refractivity contribution in [3.05, 3.63) is 24.3 Å². The first-order valence-corrected chi connectivity index (χ1v) is 19.9. The number of hydrogen-bond donors (Lipinski definition) is 1. The topological polar surface area (TPSA) is 72.8 Å². The number of allylic oxidation sites excluding steroid dienone is 4. The van der Waals surface area contributed by atoms with E-state index in [0.29, 0.717) is 12.8 Å². The van der Waals surface area contributed by atoms with Gasteiger partial charge in [-0.25, -0.2) is 0 Å². The van der Waals surface area contributed by atoms with Gasteiger partial charge in [0.05, 0.1) is 6.61 Å². The number of esters is 2. The molecule has 0 amide bonds. The largest absolute Gasteiger partial charge is 0.462 e. The molecular weight excluding hydrogens is 572 g/mol. The molecule has 0 heterocycles. The fraction of sp³-hybridized carbons (Fsp3) is 0.854. The number of hydrogen-bond acceptors (Lipinski definition) is 5. The molecule has 0 saturated heterocycles. The number of unbranched alkanes of at least 4 members (excludes halogenated alkanes) is 24. The summed E-state index contributed by atoms with van der Waals surface area (Å²) < 4.78 is 10.6. The van der Waals surface area contributed by atoms with E-state index in [4.69, 9.17) is 9.47 Å². The van der Waals surface area contributed by atoms with Gasteiger partial charge in [-0.05, 0) is 44.9 Å². The molecule has 0 bridgehead atoms. The van der Waals surface area contributed by atoms with E-state index in [2.05, 4.69) is 38.2 Å². The molecule has 0 aliphatic rings. The molecule has 0 aliphatic heterocycles. The second-order valence-corrected chi connectivity index (χ2v) is 13.4. The van der Waals surface area contributed by atoms with Crippen molar-refractivity contribution in [1.29, 1.82) is 0 Å². The number of aliphatic hydroxyl groups excluding tert-OH is 1. The average Bonchev–Trinajstić information content (AvgIpc) is 3.06. The quantitative estimate of drug-likeness (QED) is 0.0416. The van der Waals surface area contributed by atoms with Gasteiger partial charge in [0.2, 0.25) is 0 Å². The van der Waals surface area contributed by atoms with Crippen LogP contribution in [0.15, 0.2) is 24.3 Å². The molecule has 0 aromatic rings. The molecule has 46 heavy (non-hydrogen) atoms. The zero-order chi connectivity index (χ0) is 33.6. The first-order valence-electron chi connectivity index (χ1n) is 19.9. The van der Waals surface area contributed by atoms with Crippen molar-refractivity contribution in [2.45, 2.75) is 213 Å². The molecule has 270 valence electrons. The molecule has 0 fully saturated rings. The molecule has 0 aromatic heterocycles. The molecule has 1 atom stereocenters. The molecule has 0 unspecified atom stereocenters. The smallest absolute Gasteiger partial charge is 0.306 e. The minimum atomic E-state index is -0.771. The van der Waals surface area contributed by atoms with Crippen molar-refractivity contribution in [2.24, 2.45) is 0 Å². The maximum atomic E-state index is 12.2. The van der Waals surface area contributed by atoms with Gasteiger partial charge in [0.15, 0.2) is 6.10 Å². The molecule has 5 heteroatoms. The maximum Gasteiger partial charge on any atom is 0.306 e. The molecule has 5 nitrogen and oxygen atoms in total. The molecule has 0 aliphatic carbocycles. The number of aliphatic hydroxyl groups is 1. The fourth-order valence-electron chi connectivity index (χ4n) is 5.70. The SMILES string of the molecule is CCCCC/C=C/C/C=C/CCCCCCCC(=O)OC[C@H](CO)OC(=O)CCCCCCCCCCCCCCCCCCC. The van der Waals surface area contributed by atoms with Gasteiger partial charge in [-0.3, -0.25) is 9.59 Å². The van der Waals surface area contributed by atoms with Crippen molar-refractivity contribution >= 4 is 11.9 Å². The molecule has 0 rings (SSSR count). The zero-order valence-corrected chi connectivity index (χ0v) is 30.6. The normalized spacial score (nSPS) is 12.3. The Balaban J connectivity index is 3.54. The first-order chi connectivity index (χ1) is 22.6. The molecule has 0 saturated carbocycles. The molecule has 1 N–H and O–H groups in total. The molecule has 0 spiro atoms. The number of rotatable bonds is 36. The lowest BCUT2D eigenvalue weighted by Crippen LogP contribution is -2.28. The lowest BCUT2D eigenvalue weighted by Gasteiger charge is -2.15. The van der Waals surface area contributed by atoms with Gasteiger partial charge in [-0.1, -0.05) is 173 Å². The maximum absolute atomic E-state index is 12.2. The Morgan fingerprint density at radius 1 is 0.500 bits per heavy atom. The molecular formula is C41H76O5. The van der Waals surface area contributed by atoms with E-state index in [1.807, 2.05) is 0 Å². The van der Waals surface area contributed by atoms with E-state index in [1.165, 1.54) is 128 Å². The second-order valence-electron chi connectivity index (χ2n) is 13.4. The van der Waals surface area contributed by atoms with Crippen molar-refractivity contribution in [1.82, 2.24) is 0 Å². The first kappa shape index (κ1) is 44.4. The summed E-state index contributed by atoms with van der Waals surface area (Å²) in [5.41, 5.74) is 0. The van der Waals surface area contributed by atoms with Crippen molar-refractivity contribution < 1.29 is 24.2 Å². The molecule has 0 aromatic carbocycles. The van der Waals surface area contributed by atoms with Gasteiger partial charge in [0.25, 0.3) is 0 Å². The predicted octanol–water partition coefficient (Wildman–Crippen LogP) is 12.3. The summed E-state index contributed by atoms with van der Waals surface area (Å²) in [4.78, 5) is 24.2. The third-order valence-corrected chi connectivity index (χ3v) is 8.75. The summed E-state index contributed by atoms with van der Waals surface area (Å²) in [6, 6.07) is 0. The van der Waals surface area contributed by atoms with E-state index < -0.39 is 6.10 Å². The average molecular weight is 649 g/mol. The Bertz CT molecular complexity index is 701. The van der Waals surface area contributed by atoms with Gasteiger partial charge in [0, 0.05) is 12.8 Å². The van der Waals surface area contributed by atoms with Gasteiger partial charge in [-0.15, -0.1) is 0 Å². The van der Waals surface area contributed by atoms with E-state index >= 15 is 0 Å². The summed E-state index contributed by atoms with van der Waals surface area (Å²) in [7, 11) is 0. The van der Waals surface area contributed by atoms with Gasteiger partial charge in [-0.2, -0.15) is 0 Å². The van der Waals surface area contributed by atoms with Crippen molar-refractivity contribution in [3.8, 4) is 0 Å².